The Labute approximate surface area is 128 Å². The van der Waals surface area contributed by atoms with E-state index in [-0.39, 0.29) is 5.96 Å². The fourth-order valence-corrected chi connectivity index (χ4v) is 1.65. The number of alkyl halides is 3. The SMILES string of the molecule is COc1ccc(NC(N)=[NH+]c2nc(C(F)(F)F)cc(=O)[nH]2)cc1. The third-order valence-corrected chi connectivity index (χ3v) is 2.65. The quantitative estimate of drug-likeness (QED) is 0.466. The van der Waals surface area contributed by atoms with Crippen LogP contribution in [0.1, 0.15) is 5.69 Å². The summed E-state index contributed by atoms with van der Waals surface area (Å²) in [5, 5.41) is 2.70. The van der Waals surface area contributed by atoms with Crippen molar-refractivity contribution in [3.8, 4) is 5.75 Å². The van der Waals surface area contributed by atoms with Gasteiger partial charge >= 0.3 is 12.1 Å². The van der Waals surface area contributed by atoms with Gasteiger partial charge in [0, 0.05) is 0 Å². The number of halogens is 3. The van der Waals surface area contributed by atoms with Crippen LogP contribution >= 0.6 is 0 Å². The Morgan fingerprint density at radius 3 is 2.57 bits per heavy atom. The number of nitrogens with zero attached hydrogens (tertiary/aromatic N) is 1. The lowest BCUT2D eigenvalue weighted by atomic mass is 10.3. The summed E-state index contributed by atoms with van der Waals surface area (Å²) in [4.78, 5) is 19.0. The molecule has 23 heavy (non-hydrogen) atoms. The number of anilines is 1. The van der Waals surface area contributed by atoms with Crippen LogP contribution in [0.25, 0.3) is 0 Å². The maximum absolute atomic E-state index is 12.6. The van der Waals surface area contributed by atoms with Crippen molar-refractivity contribution in [1.82, 2.24) is 9.97 Å². The Morgan fingerprint density at radius 1 is 1.35 bits per heavy atom. The highest BCUT2D eigenvalue weighted by atomic mass is 19.4. The molecule has 2 aromatic rings. The summed E-state index contributed by atoms with van der Waals surface area (Å²) < 4.78 is 42.8. The Morgan fingerprint density at radius 2 is 2.00 bits per heavy atom. The van der Waals surface area contributed by atoms with Gasteiger partial charge in [0.2, 0.25) is 0 Å². The van der Waals surface area contributed by atoms with Gasteiger partial charge in [-0.1, -0.05) is 0 Å². The zero-order chi connectivity index (χ0) is 17.0. The summed E-state index contributed by atoms with van der Waals surface area (Å²) in [5.74, 6) is 0.0898. The van der Waals surface area contributed by atoms with Crippen LogP contribution in [0.2, 0.25) is 0 Å². The van der Waals surface area contributed by atoms with Gasteiger partial charge in [-0.2, -0.15) is 13.2 Å². The number of nitrogens with one attached hydrogen (secondary N) is 3. The van der Waals surface area contributed by atoms with Crippen LogP contribution in [0.5, 0.6) is 5.75 Å². The molecule has 0 bridgehead atoms. The van der Waals surface area contributed by atoms with Crippen molar-refractivity contribution in [1.29, 1.82) is 0 Å². The maximum atomic E-state index is 12.6. The first kappa shape index (κ1) is 16.3. The summed E-state index contributed by atoms with van der Waals surface area (Å²) in [6, 6.07) is 6.99. The van der Waals surface area contributed by atoms with Gasteiger partial charge in [-0.15, -0.1) is 4.98 Å². The number of rotatable bonds is 3. The molecule has 0 saturated carbocycles. The van der Waals surface area contributed by atoms with Crippen LogP contribution in [0, 0.1) is 0 Å². The first-order valence-corrected chi connectivity index (χ1v) is 6.27. The summed E-state index contributed by atoms with van der Waals surface area (Å²) in [5.41, 5.74) is 3.93. The van der Waals surface area contributed by atoms with Crippen molar-refractivity contribution in [2.24, 2.45) is 5.73 Å². The number of guanidine groups is 1. The molecular weight excluding hydrogens is 315 g/mol. The minimum absolute atomic E-state index is 0.113. The number of hydrogen-bond acceptors (Lipinski definition) is 3. The van der Waals surface area contributed by atoms with Crippen molar-refractivity contribution in [3.63, 3.8) is 0 Å². The summed E-state index contributed by atoms with van der Waals surface area (Å²) in [7, 11) is 1.51. The molecule has 0 spiro atoms. The van der Waals surface area contributed by atoms with Crippen LogP contribution in [0.4, 0.5) is 24.8 Å². The molecule has 1 aromatic heterocycles. The monoisotopic (exact) mass is 328 g/mol. The van der Waals surface area contributed by atoms with E-state index in [4.69, 9.17) is 10.5 Å². The molecule has 0 aliphatic rings. The molecular formula is C13H13F3N5O2+. The standard InChI is InChI=1S/C13H12F3N5O2/c1-23-8-4-2-7(3-5-8)18-11(17)21-12-19-9(13(14,15)16)6-10(22)20-12/h2-6H,1H3,(H4,17,18,19,20,21,22)/p+1. The van der Waals surface area contributed by atoms with Crippen LogP contribution < -0.4 is 26.3 Å². The zero-order valence-electron chi connectivity index (χ0n) is 11.9. The van der Waals surface area contributed by atoms with Crippen molar-refractivity contribution in [2.75, 3.05) is 12.4 Å². The number of aromatic nitrogens is 2. The van der Waals surface area contributed by atoms with E-state index in [1.54, 1.807) is 24.3 Å². The lowest BCUT2D eigenvalue weighted by molar-refractivity contribution is -0.366. The van der Waals surface area contributed by atoms with Gasteiger partial charge in [-0.05, 0) is 24.3 Å². The average molecular weight is 328 g/mol. The molecule has 1 heterocycles. The van der Waals surface area contributed by atoms with Gasteiger partial charge in [0.1, 0.15) is 5.75 Å². The zero-order valence-corrected chi connectivity index (χ0v) is 11.9. The highest BCUT2D eigenvalue weighted by molar-refractivity contribution is 5.88. The Balaban J connectivity index is 2.23. The summed E-state index contributed by atoms with van der Waals surface area (Å²) in [6.07, 6.45) is -4.73. The second kappa shape index (κ2) is 6.38. The average Bonchev–Trinajstić information content (AvgIpc) is 2.46. The molecule has 10 heteroatoms. The Kier molecular flexibility index (Phi) is 4.53. The van der Waals surface area contributed by atoms with Gasteiger partial charge < -0.3 is 10.5 Å². The predicted molar refractivity (Wildman–Crippen MR) is 76.3 cm³/mol. The molecule has 0 atom stereocenters. The number of ether oxygens (including phenoxy) is 1. The molecule has 2 rings (SSSR count). The third kappa shape index (κ3) is 4.46. The normalized spacial score (nSPS) is 12.1. The van der Waals surface area contributed by atoms with Crippen LogP contribution in [-0.4, -0.2) is 23.0 Å². The highest BCUT2D eigenvalue weighted by Gasteiger charge is 2.35. The summed E-state index contributed by atoms with van der Waals surface area (Å²) >= 11 is 0. The van der Waals surface area contributed by atoms with E-state index in [0.29, 0.717) is 17.5 Å². The molecule has 0 aliphatic carbocycles. The number of aromatic amines is 1. The molecule has 7 nitrogen and oxygen atoms in total. The second-order valence-electron chi connectivity index (χ2n) is 4.37. The lowest BCUT2D eigenvalue weighted by Gasteiger charge is -2.04. The van der Waals surface area contributed by atoms with Crippen LogP contribution in [0.3, 0.4) is 0 Å². The fourth-order valence-electron chi connectivity index (χ4n) is 1.65. The molecule has 0 radical (unpaired) electrons. The minimum Gasteiger partial charge on any atom is -0.497 e. The molecule has 122 valence electrons. The molecule has 0 unspecified atom stereocenters. The topological polar surface area (TPSA) is 107 Å². The molecule has 0 fully saturated rings. The minimum atomic E-state index is -4.73. The third-order valence-electron chi connectivity index (χ3n) is 2.65. The van der Waals surface area contributed by atoms with Gasteiger partial charge in [0.05, 0.1) is 18.9 Å². The molecule has 1 aromatic carbocycles. The van der Waals surface area contributed by atoms with E-state index in [1.807, 2.05) is 0 Å². The molecule has 0 amide bonds. The first-order chi connectivity index (χ1) is 10.8. The van der Waals surface area contributed by atoms with Crippen LogP contribution in [-0.2, 0) is 6.18 Å². The van der Waals surface area contributed by atoms with Gasteiger partial charge in [0.15, 0.2) is 5.69 Å². The van der Waals surface area contributed by atoms with E-state index in [0.717, 1.165) is 0 Å². The number of hydrogen-bond donors (Lipinski definition) is 4. The van der Waals surface area contributed by atoms with E-state index in [9.17, 15) is 18.0 Å². The fraction of sp³-hybridized carbons (Fsp3) is 0.154. The van der Waals surface area contributed by atoms with Crippen molar-refractivity contribution in [3.05, 3.63) is 46.4 Å². The lowest BCUT2D eigenvalue weighted by Crippen LogP contribution is -2.73. The smallest absolute Gasteiger partial charge is 0.443 e. The van der Waals surface area contributed by atoms with Crippen molar-refractivity contribution in [2.45, 2.75) is 6.18 Å². The summed E-state index contributed by atoms with van der Waals surface area (Å²) in [6.45, 7) is 0. The number of nitrogens with two attached hydrogens (primary N) is 1. The van der Waals surface area contributed by atoms with Gasteiger partial charge in [0.25, 0.3) is 11.5 Å². The number of H-pyrrole nitrogens is 1. The second-order valence-corrected chi connectivity index (χ2v) is 4.37. The molecule has 0 aliphatic heterocycles. The molecule has 0 saturated heterocycles. The van der Waals surface area contributed by atoms with E-state index >= 15 is 0 Å². The van der Waals surface area contributed by atoms with E-state index in [1.165, 1.54) is 7.11 Å². The van der Waals surface area contributed by atoms with Crippen molar-refractivity contribution >= 4 is 17.6 Å². The van der Waals surface area contributed by atoms with E-state index < -0.39 is 23.4 Å². The Bertz CT molecular complexity index is 768. The molecule has 5 N–H and O–H groups in total. The first-order valence-electron chi connectivity index (χ1n) is 6.27. The van der Waals surface area contributed by atoms with Gasteiger partial charge in [-0.25, -0.2) is 9.98 Å². The van der Waals surface area contributed by atoms with Gasteiger partial charge in [-0.3, -0.25) is 10.1 Å². The van der Waals surface area contributed by atoms with Crippen LogP contribution in [0.15, 0.2) is 35.1 Å². The van der Waals surface area contributed by atoms with E-state index in [2.05, 4.69) is 20.3 Å². The number of benzene rings is 1. The maximum Gasteiger partial charge on any atom is 0.443 e. The highest BCUT2D eigenvalue weighted by Crippen LogP contribution is 2.26. The number of methoxy groups -OCH3 is 1. The predicted octanol–water partition coefficient (Wildman–Crippen LogP) is -0.0638. The van der Waals surface area contributed by atoms with Crippen molar-refractivity contribution < 1.29 is 22.9 Å². The Hall–Kier alpha value is -3.04. The largest absolute Gasteiger partial charge is 0.497 e.